The lowest BCUT2D eigenvalue weighted by molar-refractivity contribution is -0.0190. The lowest BCUT2D eigenvalue weighted by Gasteiger charge is -2.36. The van der Waals surface area contributed by atoms with Crippen molar-refractivity contribution >= 4 is 21.6 Å². The van der Waals surface area contributed by atoms with Gasteiger partial charge in [0.05, 0.1) is 36.7 Å². The van der Waals surface area contributed by atoms with Gasteiger partial charge in [0.1, 0.15) is 5.75 Å². The van der Waals surface area contributed by atoms with Crippen LogP contribution in [0.25, 0.3) is 0 Å². The van der Waals surface area contributed by atoms with E-state index < -0.39 is 16.1 Å². The number of imidazole rings is 1. The number of aliphatic hydroxyl groups is 1. The van der Waals surface area contributed by atoms with E-state index in [-0.39, 0.29) is 46.9 Å². The molecule has 0 bridgehead atoms. The number of aryl methyl sites for hydroxylation is 1. The number of nitrogens with zero attached hydrogens (tertiary/aromatic N) is 4. The van der Waals surface area contributed by atoms with Crippen LogP contribution in [0.15, 0.2) is 35.7 Å². The second kappa shape index (κ2) is 16.2. The van der Waals surface area contributed by atoms with Gasteiger partial charge in [-0.05, 0) is 77.1 Å². The molecule has 2 heterocycles. The lowest BCUT2D eigenvalue weighted by Crippen LogP contribution is -2.47. The topological polar surface area (TPSA) is 126 Å². The number of fused-ring (bicyclic) bond motifs is 1. The number of hydrogen-bond acceptors (Lipinski definition) is 8. The molecule has 2 aromatic rings. The predicted octanol–water partition coefficient (Wildman–Crippen LogP) is 4.53. The molecule has 45 heavy (non-hydrogen) atoms. The zero-order valence-corrected chi connectivity index (χ0v) is 28.5. The van der Waals surface area contributed by atoms with Crippen LogP contribution in [-0.4, -0.2) is 96.9 Å². The molecule has 4 rings (SSSR count). The van der Waals surface area contributed by atoms with Gasteiger partial charge in [0.25, 0.3) is 15.9 Å². The Morgan fingerprint density at radius 1 is 1.11 bits per heavy atom. The van der Waals surface area contributed by atoms with Crippen LogP contribution < -0.4 is 9.46 Å². The number of carbonyl (C=O) groups is 1. The molecule has 252 valence electrons. The zero-order valence-electron chi connectivity index (χ0n) is 27.7. The number of rotatable bonds is 9. The van der Waals surface area contributed by atoms with E-state index in [0.717, 1.165) is 32.4 Å². The third-order valence-corrected chi connectivity index (χ3v) is 10.3. The second-order valence-corrected chi connectivity index (χ2v) is 14.8. The number of aromatic nitrogens is 2. The van der Waals surface area contributed by atoms with E-state index in [1.165, 1.54) is 50.7 Å². The van der Waals surface area contributed by atoms with Crippen molar-refractivity contribution in [3.8, 4) is 5.75 Å². The third-order valence-electron chi connectivity index (χ3n) is 9.05. The summed E-state index contributed by atoms with van der Waals surface area (Å²) >= 11 is 0. The lowest BCUT2D eigenvalue weighted by atomic mass is 9.89. The largest absolute Gasteiger partial charge is 0.490 e. The van der Waals surface area contributed by atoms with Gasteiger partial charge in [-0.1, -0.05) is 26.2 Å². The van der Waals surface area contributed by atoms with Crippen LogP contribution in [0, 0.1) is 11.8 Å². The average Bonchev–Trinajstić information content (AvgIpc) is 3.46. The summed E-state index contributed by atoms with van der Waals surface area (Å²) in [7, 11) is -0.121. The summed E-state index contributed by atoms with van der Waals surface area (Å²) in [6.45, 7) is 8.48. The van der Waals surface area contributed by atoms with Crippen molar-refractivity contribution in [1.29, 1.82) is 0 Å². The molecule has 2 N–H and O–H groups in total. The van der Waals surface area contributed by atoms with E-state index in [0.29, 0.717) is 24.8 Å². The molecule has 2 aliphatic rings. The number of hydrogen-bond donors (Lipinski definition) is 2. The second-order valence-electron chi connectivity index (χ2n) is 13.2. The van der Waals surface area contributed by atoms with Crippen LogP contribution in [-0.2, 0) is 21.8 Å². The summed E-state index contributed by atoms with van der Waals surface area (Å²) in [4.78, 5) is 22.3. The van der Waals surface area contributed by atoms with E-state index in [2.05, 4.69) is 28.6 Å². The molecular formula is C33H53N5O6S. The molecule has 1 aromatic carbocycles. The average molecular weight is 648 g/mol. The highest BCUT2D eigenvalue weighted by atomic mass is 32.2. The highest BCUT2D eigenvalue weighted by Gasteiger charge is 2.31. The highest BCUT2D eigenvalue weighted by molar-refractivity contribution is 7.92. The number of anilines is 1. The Balaban J connectivity index is 1.61. The molecule has 1 aliphatic carbocycles. The monoisotopic (exact) mass is 647 g/mol. The first-order valence-corrected chi connectivity index (χ1v) is 18.0. The number of aliphatic hydroxyl groups excluding tert-OH is 1. The minimum absolute atomic E-state index is 0.0196. The fourth-order valence-corrected chi connectivity index (χ4v) is 7.41. The van der Waals surface area contributed by atoms with E-state index in [1.54, 1.807) is 28.6 Å². The standard InChI is InChI=1S/C33H53N5O6S/c1-24-18-38(25(2)22-39)33(40)29-17-28(35-45(41,42)32-21-37(5)23-34-32)14-15-30(29)44-26(3)11-9-10-16-43-31(24)20-36(4)19-27-12-7-6-8-13-27/h14-15,17,21,23-27,31,35,39H,6-13,16,18-20,22H2,1-5H3/t24-,25+,26-,31-/m0/s1. The molecule has 0 spiro atoms. The van der Waals surface area contributed by atoms with Gasteiger partial charge in [-0.15, -0.1) is 0 Å². The highest BCUT2D eigenvalue weighted by Crippen LogP contribution is 2.30. The summed E-state index contributed by atoms with van der Waals surface area (Å²) in [5.41, 5.74) is 0.458. The summed E-state index contributed by atoms with van der Waals surface area (Å²) in [6, 6.07) is 4.28. The molecule has 1 fully saturated rings. The Bertz CT molecular complexity index is 1340. The molecule has 1 saturated carbocycles. The normalized spacial score (nSPS) is 23.7. The fraction of sp³-hybridized carbons (Fsp3) is 0.697. The molecule has 0 saturated heterocycles. The summed E-state index contributed by atoms with van der Waals surface area (Å²) in [5, 5.41) is 10.1. The van der Waals surface area contributed by atoms with Crippen LogP contribution in [0.4, 0.5) is 5.69 Å². The maximum absolute atomic E-state index is 14.3. The summed E-state index contributed by atoms with van der Waals surface area (Å²) < 4.78 is 43.0. The summed E-state index contributed by atoms with van der Waals surface area (Å²) in [6.07, 6.45) is 11.7. The predicted molar refractivity (Wildman–Crippen MR) is 175 cm³/mol. The molecule has 4 atom stereocenters. The van der Waals surface area contributed by atoms with Crippen LogP contribution in [0.2, 0.25) is 0 Å². The van der Waals surface area contributed by atoms with Crippen molar-refractivity contribution in [1.82, 2.24) is 19.4 Å². The third kappa shape index (κ3) is 9.91. The van der Waals surface area contributed by atoms with Crippen molar-refractivity contribution < 1.29 is 27.8 Å². The van der Waals surface area contributed by atoms with E-state index in [9.17, 15) is 18.3 Å². The number of nitrogens with one attached hydrogen (secondary N) is 1. The van der Waals surface area contributed by atoms with Gasteiger partial charge in [-0.2, -0.15) is 8.42 Å². The molecule has 0 radical (unpaired) electrons. The minimum Gasteiger partial charge on any atom is -0.490 e. The first-order valence-electron chi connectivity index (χ1n) is 16.5. The first kappa shape index (κ1) is 35.2. The number of sulfonamides is 1. The number of ether oxygens (including phenoxy) is 2. The van der Waals surface area contributed by atoms with E-state index >= 15 is 0 Å². The zero-order chi connectivity index (χ0) is 32.6. The van der Waals surface area contributed by atoms with Crippen molar-refractivity contribution in [3.63, 3.8) is 0 Å². The van der Waals surface area contributed by atoms with Gasteiger partial charge in [0.15, 0.2) is 5.03 Å². The fourth-order valence-electron chi connectivity index (χ4n) is 6.38. The first-order chi connectivity index (χ1) is 21.5. The quantitative estimate of drug-likeness (QED) is 0.407. The Kier molecular flexibility index (Phi) is 12.7. The van der Waals surface area contributed by atoms with Crippen molar-refractivity contribution in [3.05, 3.63) is 36.3 Å². The SMILES string of the molecule is C[C@H](CO)N1C[C@H](C)[C@H](CN(C)CC2CCCCC2)OCCCC[C@H](C)Oc2ccc(NS(=O)(=O)c3cn(C)cn3)cc2C1=O. The van der Waals surface area contributed by atoms with Crippen molar-refractivity contribution in [2.24, 2.45) is 18.9 Å². The van der Waals surface area contributed by atoms with Crippen molar-refractivity contribution in [2.75, 3.05) is 44.6 Å². The van der Waals surface area contributed by atoms with Gasteiger partial charge in [0, 0.05) is 51.1 Å². The number of carbonyl (C=O) groups excluding carboxylic acids is 1. The molecule has 11 nitrogen and oxygen atoms in total. The Labute approximate surface area is 269 Å². The smallest absolute Gasteiger partial charge is 0.280 e. The van der Waals surface area contributed by atoms with E-state index in [4.69, 9.17) is 9.47 Å². The maximum atomic E-state index is 14.3. The van der Waals surface area contributed by atoms with Gasteiger partial charge in [-0.3, -0.25) is 9.52 Å². The van der Waals surface area contributed by atoms with Crippen LogP contribution in [0.5, 0.6) is 5.75 Å². The number of benzene rings is 1. The maximum Gasteiger partial charge on any atom is 0.280 e. The summed E-state index contributed by atoms with van der Waals surface area (Å²) in [5.74, 6) is 0.741. The molecule has 12 heteroatoms. The minimum atomic E-state index is -3.98. The number of amides is 1. The molecule has 1 aliphatic heterocycles. The van der Waals surface area contributed by atoms with Gasteiger partial charge in [-0.25, -0.2) is 4.98 Å². The van der Waals surface area contributed by atoms with Crippen LogP contribution >= 0.6 is 0 Å². The molecule has 0 unspecified atom stereocenters. The van der Waals surface area contributed by atoms with Crippen LogP contribution in [0.3, 0.4) is 0 Å². The Morgan fingerprint density at radius 2 is 1.84 bits per heavy atom. The molecule has 1 amide bonds. The molecule has 1 aromatic heterocycles. The molecular weight excluding hydrogens is 594 g/mol. The van der Waals surface area contributed by atoms with Crippen molar-refractivity contribution in [2.45, 2.75) is 95.4 Å². The number of likely N-dealkylation sites (N-methyl/N-ethyl adjacent to an activating group) is 1. The van der Waals surface area contributed by atoms with E-state index in [1.807, 2.05) is 13.8 Å². The van der Waals surface area contributed by atoms with Crippen LogP contribution in [0.1, 0.15) is 82.5 Å². The Morgan fingerprint density at radius 3 is 2.53 bits per heavy atom. The van der Waals surface area contributed by atoms with Gasteiger partial charge >= 0.3 is 0 Å². The Hall–Kier alpha value is -2.67. The van der Waals surface area contributed by atoms with Gasteiger partial charge in [0.2, 0.25) is 0 Å². The van der Waals surface area contributed by atoms with Gasteiger partial charge < -0.3 is 28.9 Å².